The Labute approximate surface area is 177 Å². The molecule has 2 atom stereocenters. The highest BCUT2D eigenvalue weighted by molar-refractivity contribution is 7.72. The monoisotopic (exact) mass is 465 g/mol. The Kier molecular flexibility index (Phi) is 9.61. The summed E-state index contributed by atoms with van der Waals surface area (Å²) in [5.41, 5.74) is 7.97. The molecule has 9 nitrogen and oxygen atoms in total. The van der Waals surface area contributed by atoms with Crippen LogP contribution in [0.1, 0.15) is 63.5 Å². The zero-order valence-corrected chi connectivity index (χ0v) is 19.3. The fourth-order valence-electron chi connectivity index (χ4n) is 3.23. The second-order valence-electron chi connectivity index (χ2n) is 8.18. The van der Waals surface area contributed by atoms with Crippen LogP contribution in [0.2, 0.25) is 0 Å². The maximum atomic E-state index is 12.6. The van der Waals surface area contributed by atoms with Crippen molar-refractivity contribution in [1.29, 1.82) is 0 Å². The first kappa shape index (κ1) is 27.1. The Balaban J connectivity index is 2.64. The molecule has 0 spiro atoms. The van der Waals surface area contributed by atoms with Gasteiger partial charge in [-0.15, -0.1) is 0 Å². The largest absolute Gasteiger partial charge is 0.369 e. The SMILES string of the molecule is CC(C)Cc1ccc(C(C)C(=O)C(N)CCCCC(O)(P(=O)(O)O)P(=O)(O)O)cc1. The average Bonchev–Trinajstić information content (AvgIpc) is 2.61. The van der Waals surface area contributed by atoms with E-state index in [-0.39, 0.29) is 25.0 Å². The molecule has 7 N–H and O–H groups in total. The van der Waals surface area contributed by atoms with Gasteiger partial charge in [-0.05, 0) is 42.7 Å². The lowest BCUT2D eigenvalue weighted by molar-refractivity contribution is -0.121. The number of aliphatic hydroxyl groups is 1. The van der Waals surface area contributed by atoms with Crippen LogP contribution in [0.15, 0.2) is 24.3 Å². The standard InChI is InChI=1S/C19H33NO8P2/c1-13(2)12-15-7-9-16(10-8-15)14(3)18(21)17(20)6-4-5-11-19(22,29(23,24)25)30(26,27)28/h7-10,13-14,17,22H,4-6,11-12,20H2,1-3H3,(H2,23,24,25)(H2,26,27,28). The maximum Gasteiger partial charge on any atom is 0.369 e. The van der Waals surface area contributed by atoms with Crippen molar-refractivity contribution in [1.82, 2.24) is 0 Å². The molecule has 2 unspecified atom stereocenters. The predicted molar refractivity (Wildman–Crippen MR) is 114 cm³/mol. The van der Waals surface area contributed by atoms with Crippen LogP contribution in [0.4, 0.5) is 0 Å². The van der Waals surface area contributed by atoms with Crippen LogP contribution >= 0.6 is 15.2 Å². The van der Waals surface area contributed by atoms with Crippen molar-refractivity contribution in [3.8, 4) is 0 Å². The van der Waals surface area contributed by atoms with Gasteiger partial charge in [-0.25, -0.2) is 0 Å². The highest BCUT2D eigenvalue weighted by atomic mass is 31.2. The van der Waals surface area contributed by atoms with E-state index in [1.54, 1.807) is 6.92 Å². The number of ketones is 1. The molecule has 1 aromatic carbocycles. The number of nitrogens with two attached hydrogens (primary N) is 1. The normalized spacial score (nSPS) is 15.3. The summed E-state index contributed by atoms with van der Waals surface area (Å²) in [5, 5.41) is 6.42. The van der Waals surface area contributed by atoms with Gasteiger partial charge in [0.15, 0.2) is 5.78 Å². The molecular weight excluding hydrogens is 432 g/mol. The molecule has 0 aliphatic carbocycles. The molecule has 0 bridgehead atoms. The molecule has 0 radical (unpaired) electrons. The molecule has 1 rings (SSSR count). The Hall–Kier alpha value is -0.890. The molecule has 0 aliphatic heterocycles. The van der Waals surface area contributed by atoms with E-state index in [0.29, 0.717) is 5.92 Å². The van der Waals surface area contributed by atoms with E-state index in [1.807, 2.05) is 24.3 Å². The molecule has 0 saturated heterocycles. The van der Waals surface area contributed by atoms with Crippen LogP contribution < -0.4 is 5.73 Å². The molecule has 0 saturated carbocycles. The van der Waals surface area contributed by atoms with Crippen LogP contribution in [-0.4, -0.2) is 41.6 Å². The van der Waals surface area contributed by atoms with E-state index < -0.39 is 38.7 Å². The fraction of sp³-hybridized carbons (Fsp3) is 0.632. The van der Waals surface area contributed by atoms with Crippen molar-refractivity contribution in [3.05, 3.63) is 35.4 Å². The lowest BCUT2D eigenvalue weighted by Gasteiger charge is -2.29. The molecule has 0 amide bonds. The van der Waals surface area contributed by atoms with Gasteiger partial charge in [-0.1, -0.05) is 51.5 Å². The third-order valence-corrected chi connectivity index (χ3v) is 9.00. The maximum absolute atomic E-state index is 12.6. The Morgan fingerprint density at radius 2 is 1.50 bits per heavy atom. The van der Waals surface area contributed by atoms with Crippen molar-refractivity contribution in [3.63, 3.8) is 0 Å². The van der Waals surface area contributed by atoms with Gasteiger partial charge >= 0.3 is 15.2 Å². The van der Waals surface area contributed by atoms with Gasteiger partial charge in [-0.3, -0.25) is 13.9 Å². The minimum atomic E-state index is -5.47. The first-order valence-corrected chi connectivity index (χ1v) is 13.0. The van der Waals surface area contributed by atoms with Gasteiger partial charge in [0.1, 0.15) is 0 Å². The lowest BCUT2D eigenvalue weighted by Crippen LogP contribution is -2.34. The first-order chi connectivity index (χ1) is 13.6. The average molecular weight is 465 g/mol. The first-order valence-electron chi connectivity index (χ1n) is 9.82. The van der Waals surface area contributed by atoms with E-state index >= 15 is 0 Å². The minimum absolute atomic E-state index is 0.119. The van der Waals surface area contributed by atoms with Gasteiger partial charge < -0.3 is 30.4 Å². The van der Waals surface area contributed by atoms with E-state index in [9.17, 15) is 19.0 Å². The topological polar surface area (TPSA) is 178 Å². The number of Topliss-reactive ketones (excluding diaryl/α,β-unsaturated/α-hetero) is 1. The predicted octanol–water partition coefficient (Wildman–Crippen LogP) is 2.45. The lowest BCUT2D eigenvalue weighted by atomic mass is 9.89. The van der Waals surface area contributed by atoms with Crippen LogP contribution in [-0.2, 0) is 20.3 Å². The summed E-state index contributed by atoms with van der Waals surface area (Å²) in [4.78, 5) is 49.1. The third kappa shape index (κ3) is 7.08. The van der Waals surface area contributed by atoms with E-state index in [1.165, 1.54) is 5.56 Å². The summed E-state index contributed by atoms with van der Waals surface area (Å²) in [7, 11) is -10.9. The molecule has 0 aliphatic rings. The molecule has 0 fully saturated rings. The van der Waals surface area contributed by atoms with Crippen molar-refractivity contribution < 1.29 is 38.6 Å². The Morgan fingerprint density at radius 1 is 1.00 bits per heavy atom. The Morgan fingerprint density at radius 3 is 1.93 bits per heavy atom. The summed E-state index contributed by atoms with van der Waals surface area (Å²) < 4.78 is 22.7. The van der Waals surface area contributed by atoms with Crippen molar-refractivity contribution >= 4 is 21.0 Å². The van der Waals surface area contributed by atoms with Crippen LogP contribution in [0, 0.1) is 5.92 Å². The van der Waals surface area contributed by atoms with E-state index in [0.717, 1.165) is 12.0 Å². The molecule has 0 aromatic heterocycles. The zero-order valence-electron chi connectivity index (χ0n) is 17.5. The summed E-state index contributed by atoms with van der Waals surface area (Å²) in [6.45, 7) is 6.00. The number of carbonyl (C=O) groups excluding carboxylic acids is 1. The van der Waals surface area contributed by atoms with Gasteiger partial charge in [0.25, 0.3) is 5.08 Å². The number of rotatable bonds is 12. The molecular formula is C19H33NO8P2. The summed E-state index contributed by atoms with van der Waals surface area (Å²) in [5.74, 6) is -0.112. The number of benzene rings is 1. The number of hydrogen-bond acceptors (Lipinski definition) is 5. The van der Waals surface area contributed by atoms with E-state index in [2.05, 4.69) is 13.8 Å². The van der Waals surface area contributed by atoms with Gasteiger partial charge in [0.05, 0.1) is 6.04 Å². The van der Waals surface area contributed by atoms with Crippen LogP contribution in [0.25, 0.3) is 0 Å². The smallest absolute Gasteiger partial charge is 0.368 e. The number of hydrogen-bond donors (Lipinski definition) is 6. The molecule has 0 heterocycles. The second kappa shape index (κ2) is 10.6. The van der Waals surface area contributed by atoms with Gasteiger partial charge in [-0.2, -0.15) is 0 Å². The zero-order chi connectivity index (χ0) is 23.3. The second-order valence-corrected chi connectivity index (χ2v) is 12.2. The highest BCUT2D eigenvalue weighted by Gasteiger charge is 2.58. The Bertz CT molecular complexity index is 777. The van der Waals surface area contributed by atoms with Crippen molar-refractivity contribution in [2.45, 2.75) is 69.9 Å². The molecule has 30 heavy (non-hydrogen) atoms. The molecule has 1 aromatic rings. The minimum Gasteiger partial charge on any atom is -0.368 e. The van der Waals surface area contributed by atoms with Crippen molar-refractivity contribution in [2.75, 3.05) is 0 Å². The summed E-state index contributed by atoms with van der Waals surface area (Å²) in [6, 6.07) is 6.92. The van der Waals surface area contributed by atoms with Crippen LogP contribution in [0.3, 0.4) is 0 Å². The number of unbranched alkanes of at least 4 members (excludes halogenated alkanes) is 1. The van der Waals surface area contributed by atoms with Gasteiger partial charge in [0, 0.05) is 5.92 Å². The quantitative estimate of drug-likeness (QED) is 0.200. The number of carbonyl (C=O) groups is 1. The fourth-order valence-corrected chi connectivity index (χ4v) is 5.49. The summed E-state index contributed by atoms with van der Waals surface area (Å²) >= 11 is 0. The third-order valence-electron chi connectivity index (χ3n) is 5.13. The molecule has 172 valence electrons. The summed E-state index contributed by atoms with van der Waals surface area (Å²) in [6.07, 6.45) is 0.335. The van der Waals surface area contributed by atoms with E-state index in [4.69, 9.17) is 25.3 Å². The molecule has 11 heteroatoms. The van der Waals surface area contributed by atoms with Crippen LogP contribution in [0.5, 0.6) is 0 Å². The van der Waals surface area contributed by atoms with Gasteiger partial charge in [0.2, 0.25) is 0 Å². The van der Waals surface area contributed by atoms with Crippen molar-refractivity contribution in [2.24, 2.45) is 11.7 Å². The highest BCUT2D eigenvalue weighted by Crippen LogP contribution is 2.69.